The second-order valence-corrected chi connectivity index (χ2v) is 9.41. The van der Waals surface area contributed by atoms with Crippen LogP contribution in [0.15, 0.2) is 47.4 Å². The van der Waals surface area contributed by atoms with E-state index in [2.05, 4.69) is 0 Å². The van der Waals surface area contributed by atoms with E-state index in [1.807, 2.05) is 39.8 Å². The molecule has 2 aliphatic heterocycles. The maximum absolute atomic E-state index is 15.5. The zero-order chi connectivity index (χ0) is 23.4. The fourth-order valence-corrected chi connectivity index (χ4v) is 5.19. The number of rotatable bonds is 5. The summed E-state index contributed by atoms with van der Waals surface area (Å²) in [6.45, 7) is 0.989. The molecule has 0 bridgehead atoms. The van der Waals surface area contributed by atoms with Gasteiger partial charge >= 0.3 is 5.97 Å². The maximum atomic E-state index is 15.5. The van der Waals surface area contributed by atoms with Gasteiger partial charge in [0.15, 0.2) is 11.6 Å². The van der Waals surface area contributed by atoms with Crippen molar-refractivity contribution in [3.05, 3.63) is 69.8 Å². The molecule has 0 unspecified atom stereocenters. The summed E-state index contributed by atoms with van der Waals surface area (Å²) in [5, 5.41) is 9.73. The molecule has 2 fully saturated rings. The van der Waals surface area contributed by atoms with Crippen LogP contribution < -0.4 is 15.1 Å². The monoisotopic (exact) mass is 464 g/mol. The van der Waals surface area contributed by atoms with Crippen LogP contribution in [0.25, 0.3) is 10.9 Å². The van der Waals surface area contributed by atoms with Gasteiger partial charge in [-0.15, -0.1) is 0 Å². The number of carbonyl (C=O) groups excluding carboxylic acids is 1. The summed E-state index contributed by atoms with van der Waals surface area (Å²) >= 11 is 0. The molecule has 1 aliphatic carbocycles. The van der Waals surface area contributed by atoms with Crippen LogP contribution in [0.5, 0.6) is 5.75 Å². The normalized spacial score (nSPS) is 21.2. The number of pyridine rings is 1. The second kappa shape index (κ2) is 8.13. The van der Waals surface area contributed by atoms with Crippen molar-refractivity contribution in [2.24, 2.45) is 5.92 Å². The van der Waals surface area contributed by atoms with Crippen molar-refractivity contribution in [1.82, 2.24) is 4.57 Å². The van der Waals surface area contributed by atoms with E-state index in [1.165, 1.54) is 6.07 Å². The predicted molar refractivity (Wildman–Crippen MR) is 124 cm³/mol. The Morgan fingerprint density at radius 1 is 1.21 bits per heavy atom. The molecule has 176 valence electrons. The van der Waals surface area contributed by atoms with Gasteiger partial charge < -0.3 is 24.0 Å². The summed E-state index contributed by atoms with van der Waals surface area (Å²) in [6, 6.07) is 10.6. The Bertz CT molecular complexity index is 1330. The van der Waals surface area contributed by atoms with Crippen LogP contribution in [0.1, 0.15) is 41.2 Å². The van der Waals surface area contributed by atoms with E-state index in [0.717, 1.165) is 24.8 Å². The summed E-state index contributed by atoms with van der Waals surface area (Å²) in [7, 11) is 0. The van der Waals surface area contributed by atoms with Crippen LogP contribution in [-0.2, 0) is 11.3 Å². The number of fused-ring (bicyclic) bond motifs is 5. The van der Waals surface area contributed by atoms with Gasteiger partial charge in [0.1, 0.15) is 24.5 Å². The van der Waals surface area contributed by atoms with E-state index in [1.54, 1.807) is 6.20 Å². The van der Waals surface area contributed by atoms with Crippen LogP contribution in [-0.4, -0.2) is 41.4 Å². The smallest absolute Gasteiger partial charge is 0.343 e. The number of anilines is 1. The lowest BCUT2D eigenvalue weighted by Gasteiger charge is -2.34. The summed E-state index contributed by atoms with van der Waals surface area (Å²) < 4.78 is 28.8. The third-order valence-electron chi connectivity index (χ3n) is 7.04. The molecule has 2 aromatic carbocycles. The molecule has 3 heterocycles. The molecule has 2 atom stereocenters. The van der Waals surface area contributed by atoms with Crippen LogP contribution in [0.2, 0.25) is 0 Å². The Morgan fingerprint density at radius 2 is 2.00 bits per heavy atom. The van der Waals surface area contributed by atoms with Crippen molar-refractivity contribution in [3.8, 4) is 5.75 Å². The Hall–Kier alpha value is -3.39. The van der Waals surface area contributed by atoms with E-state index in [9.17, 15) is 14.7 Å². The Kier molecular flexibility index (Phi) is 5.06. The molecular formula is C26H25FN2O5. The van der Waals surface area contributed by atoms with Gasteiger partial charge in [0.25, 0.3) is 0 Å². The standard InChI is InChI=1S/C26H25FN2O5/c27-21-9-19-22(25-23(21)28-10-16(12-30)8-18(28)14-33-25)29(17-6-7-17)11-20(24(19)31)26(32)34-13-15-4-2-1-3-5-15/h1-5,9,11,16-18,30H,6-8,10,12-14H2/t16-,18-/m0/s1. The summed E-state index contributed by atoms with van der Waals surface area (Å²) in [6.07, 6.45) is 4.09. The van der Waals surface area contributed by atoms with E-state index in [0.29, 0.717) is 30.1 Å². The van der Waals surface area contributed by atoms with Crippen molar-refractivity contribution in [2.75, 3.05) is 24.7 Å². The number of ether oxygens (including phenoxy) is 2. The topological polar surface area (TPSA) is 81.0 Å². The van der Waals surface area contributed by atoms with Crippen LogP contribution in [0, 0.1) is 11.7 Å². The molecule has 0 amide bonds. The van der Waals surface area contributed by atoms with Crippen LogP contribution in [0.3, 0.4) is 0 Å². The third-order valence-corrected chi connectivity index (χ3v) is 7.04. The van der Waals surface area contributed by atoms with E-state index in [4.69, 9.17) is 9.47 Å². The zero-order valence-electron chi connectivity index (χ0n) is 18.6. The first-order valence-electron chi connectivity index (χ1n) is 11.7. The van der Waals surface area contributed by atoms with E-state index in [-0.39, 0.29) is 42.2 Å². The van der Waals surface area contributed by atoms with Crippen molar-refractivity contribution in [1.29, 1.82) is 0 Å². The zero-order valence-corrected chi connectivity index (χ0v) is 18.6. The van der Waals surface area contributed by atoms with Crippen LogP contribution >= 0.6 is 0 Å². The van der Waals surface area contributed by atoms with Crippen molar-refractivity contribution in [2.45, 2.75) is 38.0 Å². The molecule has 3 aliphatic rings. The second-order valence-electron chi connectivity index (χ2n) is 9.41. The highest BCUT2D eigenvalue weighted by Crippen LogP contribution is 2.47. The quantitative estimate of drug-likeness (QED) is 0.583. The largest absolute Gasteiger partial charge is 0.487 e. The van der Waals surface area contributed by atoms with Gasteiger partial charge in [0, 0.05) is 31.3 Å². The number of carbonyl (C=O) groups is 1. The molecule has 34 heavy (non-hydrogen) atoms. The minimum absolute atomic E-state index is 0.00932. The minimum atomic E-state index is -0.727. The summed E-state index contributed by atoms with van der Waals surface area (Å²) in [5.41, 5.74) is 1.01. The van der Waals surface area contributed by atoms with E-state index >= 15 is 4.39 Å². The van der Waals surface area contributed by atoms with E-state index < -0.39 is 17.2 Å². The molecule has 6 rings (SSSR count). The molecule has 0 spiro atoms. The number of hydrogen-bond donors (Lipinski definition) is 1. The van der Waals surface area contributed by atoms with Crippen molar-refractivity contribution >= 4 is 22.6 Å². The Labute approximate surface area is 195 Å². The number of hydrogen-bond acceptors (Lipinski definition) is 6. The molecular weight excluding hydrogens is 439 g/mol. The van der Waals surface area contributed by atoms with Gasteiger partial charge in [-0.1, -0.05) is 30.3 Å². The van der Waals surface area contributed by atoms with Gasteiger partial charge in [-0.25, -0.2) is 9.18 Å². The summed E-state index contributed by atoms with van der Waals surface area (Å²) in [4.78, 5) is 28.2. The number of aromatic nitrogens is 1. The molecule has 7 nitrogen and oxygen atoms in total. The highest BCUT2D eigenvalue weighted by atomic mass is 19.1. The highest BCUT2D eigenvalue weighted by Gasteiger charge is 2.40. The van der Waals surface area contributed by atoms with Gasteiger partial charge in [-0.2, -0.15) is 0 Å². The molecule has 1 saturated heterocycles. The fraction of sp³-hybridized carbons (Fsp3) is 0.385. The molecule has 1 aromatic heterocycles. The molecule has 3 aromatic rings. The lowest BCUT2D eigenvalue weighted by Crippen LogP contribution is -2.39. The van der Waals surface area contributed by atoms with Gasteiger partial charge in [-0.05, 0) is 30.9 Å². The Morgan fingerprint density at radius 3 is 2.74 bits per heavy atom. The number of benzene rings is 2. The fourth-order valence-electron chi connectivity index (χ4n) is 5.19. The molecule has 8 heteroatoms. The molecule has 1 N–H and O–H groups in total. The number of aliphatic hydroxyl groups is 1. The first-order valence-corrected chi connectivity index (χ1v) is 11.7. The maximum Gasteiger partial charge on any atom is 0.343 e. The van der Waals surface area contributed by atoms with Gasteiger partial charge in [0.05, 0.1) is 16.9 Å². The third kappa shape index (κ3) is 3.44. The lowest BCUT2D eigenvalue weighted by atomic mass is 10.1. The number of halogens is 1. The first-order chi connectivity index (χ1) is 16.5. The first kappa shape index (κ1) is 21.2. The SMILES string of the molecule is O=C(OCc1ccccc1)c1cn(C2CC2)c2c3c(c(F)cc2c1=O)N1C[C@@H](CO)C[C@H]1CO3. The minimum Gasteiger partial charge on any atom is -0.487 e. The number of aliphatic hydroxyl groups excluding tert-OH is 1. The van der Waals surface area contributed by atoms with Crippen molar-refractivity contribution < 1.29 is 23.8 Å². The molecule has 1 saturated carbocycles. The van der Waals surface area contributed by atoms with Crippen LogP contribution in [0.4, 0.5) is 10.1 Å². The summed E-state index contributed by atoms with van der Waals surface area (Å²) in [5.74, 6) is -0.880. The highest BCUT2D eigenvalue weighted by molar-refractivity contribution is 5.98. The Balaban J connectivity index is 1.45. The lowest BCUT2D eigenvalue weighted by molar-refractivity contribution is 0.0470. The average Bonchev–Trinajstić information content (AvgIpc) is 3.61. The average molecular weight is 464 g/mol. The molecule has 0 radical (unpaired) electrons. The van der Waals surface area contributed by atoms with Crippen molar-refractivity contribution in [3.63, 3.8) is 0 Å². The number of esters is 1. The number of nitrogens with zero attached hydrogens (tertiary/aromatic N) is 2. The predicted octanol–water partition coefficient (Wildman–Crippen LogP) is 3.41. The van der Waals surface area contributed by atoms with Gasteiger partial charge in [-0.3, -0.25) is 4.79 Å². The van der Waals surface area contributed by atoms with Gasteiger partial charge in [0.2, 0.25) is 5.43 Å².